The molecule has 1 N–H and O–H groups in total. The van der Waals surface area contributed by atoms with Gasteiger partial charge in [-0.3, -0.25) is 4.99 Å². The summed E-state index contributed by atoms with van der Waals surface area (Å²) in [4.78, 5) is 14.4. The van der Waals surface area contributed by atoms with E-state index in [1.807, 2.05) is 11.8 Å². The van der Waals surface area contributed by atoms with Crippen molar-refractivity contribution in [3.63, 3.8) is 0 Å². The Morgan fingerprint density at radius 2 is 1.96 bits per heavy atom. The summed E-state index contributed by atoms with van der Waals surface area (Å²) in [6, 6.07) is 0. The van der Waals surface area contributed by atoms with Crippen LogP contribution in [0.1, 0.15) is 32.5 Å². The molecule has 0 aromatic carbocycles. The number of hydrogen-bond acceptors (Lipinski definition) is 7. The lowest BCUT2D eigenvalue weighted by Crippen LogP contribution is -2.53. The Labute approximate surface area is 194 Å². The predicted molar refractivity (Wildman–Crippen MR) is 131 cm³/mol. The van der Waals surface area contributed by atoms with Gasteiger partial charge in [0, 0.05) is 68.6 Å². The van der Waals surface area contributed by atoms with Gasteiger partial charge in [0.1, 0.15) is 5.82 Å². The van der Waals surface area contributed by atoms with Gasteiger partial charge >= 0.3 is 0 Å². The maximum absolute atomic E-state index is 5.56. The van der Waals surface area contributed by atoms with Crippen LogP contribution in [-0.4, -0.2) is 83.7 Å². The first kappa shape index (κ1) is 23.9. The van der Waals surface area contributed by atoms with Gasteiger partial charge < -0.3 is 19.9 Å². The van der Waals surface area contributed by atoms with Gasteiger partial charge in [-0.25, -0.2) is 4.98 Å². The molecule has 0 aliphatic carbocycles. The number of rotatable bonds is 6. The van der Waals surface area contributed by atoms with Crippen LogP contribution in [0.25, 0.3) is 0 Å². The van der Waals surface area contributed by atoms with Crippen LogP contribution in [0, 0.1) is 0 Å². The maximum Gasteiger partial charge on any atom is 0.205 e. The van der Waals surface area contributed by atoms with Crippen molar-refractivity contribution >= 4 is 58.4 Å². The number of ether oxygens (including phenoxy) is 1. The number of halogens is 1. The highest BCUT2D eigenvalue weighted by molar-refractivity contribution is 14.0. The number of aromatic nitrogens is 2. The van der Waals surface area contributed by atoms with Gasteiger partial charge in [0.05, 0.1) is 6.54 Å². The van der Waals surface area contributed by atoms with Crippen molar-refractivity contribution in [2.24, 2.45) is 4.99 Å². The van der Waals surface area contributed by atoms with Gasteiger partial charge in [-0.05, 0) is 26.0 Å². The summed E-state index contributed by atoms with van der Waals surface area (Å²) in [7, 11) is 0. The molecule has 10 heteroatoms. The molecule has 2 saturated heterocycles. The second-order valence-corrected chi connectivity index (χ2v) is 9.00. The van der Waals surface area contributed by atoms with Crippen LogP contribution < -0.4 is 10.2 Å². The lowest BCUT2D eigenvalue weighted by atomic mass is 9.99. The van der Waals surface area contributed by atoms with Crippen molar-refractivity contribution in [1.82, 2.24) is 19.6 Å². The minimum Gasteiger partial charge on any atom is -0.381 e. The molecule has 0 amide bonds. The van der Waals surface area contributed by atoms with Crippen molar-refractivity contribution < 1.29 is 4.74 Å². The first-order valence-corrected chi connectivity index (χ1v) is 11.9. The van der Waals surface area contributed by atoms with Crippen LogP contribution in [0.15, 0.2) is 4.99 Å². The molecule has 0 atom stereocenters. The highest BCUT2D eigenvalue weighted by Gasteiger charge is 2.32. The van der Waals surface area contributed by atoms with E-state index in [9.17, 15) is 0 Å². The number of nitrogens with one attached hydrogen (secondary N) is 1. The van der Waals surface area contributed by atoms with Crippen molar-refractivity contribution in [3.05, 3.63) is 5.82 Å². The van der Waals surface area contributed by atoms with E-state index in [-0.39, 0.29) is 28.7 Å². The number of thioether (sulfide) groups is 1. The molecule has 160 valence electrons. The Bertz CT molecular complexity index is 615. The number of guanidine groups is 1. The van der Waals surface area contributed by atoms with Gasteiger partial charge in [0.15, 0.2) is 5.96 Å². The second-order valence-electron chi connectivity index (χ2n) is 6.99. The number of anilines is 1. The average molecular weight is 541 g/mol. The molecular weight excluding hydrogens is 507 g/mol. The van der Waals surface area contributed by atoms with Crippen LogP contribution >= 0.6 is 47.3 Å². The molecule has 2 aliphatic rings. The summed E-state index contributed by atoms with van der Waals surface area (Å²) < 4.78 is 10.2. The Hall–Kier alpha value is -0.330. The van der Waals surface area contributed by atoms with Crippen molar-refractivity contribution in [2.45, 2.75) is 37.9 Å². The summed E-state index contributed by atoms with van der Waals surface area (Å²) in [6.07, 6.45) is 5.28. The molecule has 0 bridgehead atoms. The number of aliphatic imine (C=N–C) groups is 1. The standard InChI is InChI=1S/C18H32N6OS2.HI/c1-4-15-21-17(27-22-15)24-10-8-23(9-11-24)16(19-5-2)20-14-18(26-3)6-12-25-13-7-18;/h4-14H2,1-3H3,(H,19,20);1H. The normalized spacial score (nSPS) is 20.0. The monoisotopic (exact) mass is 540 g/mol. The number of hydrogen-bond donors (Lipinski definition) is 1. The third-order valence-corrected chi connectivity index (χ3v) is 7.53. The fourth-order valence-electron chi connectivity index (χ4n) is 3.44. The molecular formula is C18H33IN6OS2. The Morgan fingerprint density at radius 3 is 2.54 bits per heavy atom. The molecule has 0 unspecified atom stereocenters. The minimum absolute atomic E-state index is 0. The third kappa shape index (κ3) is 6.09. The van der Waals surface area contributed by atoms with Gasteiger partial charge in [-0.1, -0.05) is 6.92 Å². The number of piperazine rings is 1. The molecule has 0 saturated carbocycles. The molecule has 1 aromatic heterocycles. The summed E-state index contributed by atoms with van der Waals surface area (Å²) in [6.45, 7) is 11.5. The lowest BCUT2D eigenvalue weighted by Gasteiger charge is -2.38. The largest absolute Gasteiger partial charge is 0.381 e. The SMILES string of the molecule is CCNC(=NCC1(SC)CCOCC1)N1CCN(c2nc(CC)ns2)CC1.I. The van der Waals surface area contributed by atoms with Crippen LogP contribution in [0.2, 0.25) is 0 Å². The van der Waals surface area contributed by atoms with Gasteiger partial charge in [-0.2, -0.15) is 16.1 Å². The van der Waals surface area contributed by atoms with Gasteiger partial charge in [0.2, 0.25) is 5.13 Å². The van der Waals surface area contributed by atoms with E-state index in [4.69, 9.17) is 9.73 Å². The fourth-order valence-corrected chi connectivity index (χ4v) is 5.01. The van der Waals surface area contributed by atoms with E-state index in [0.29, 0.717) is 0 Å². The smallest absolute Gasteiger partial charge is 0.205 e. The third-order valence-electron chi connectivity index (χ3n) is 5.31. The molecule has 3 heterocycles. The van der Waals surface area contributed by atoms with E-state index in [1.54, 1.807) is 0 Å². The van der Waals surface area contributed by atoms with Crippen molar-refractivity contribution in [3.8, 4) is 0 Å². The summed E-state index contributed by atoms with van der Waals surface area (Å²) in [5.74, 6) is 2.00. The van der Waals surface area contributed by atoms with Crippen molar-refractivity contribution in [1.29, 1.82) is 0 Å². The van der Waals surface area contributed by atoms with E-state index < -0.39 is 0 Å². The zero-order valence-electron chi connectivity index (χ0n) is 17.1. The first-order valence-electron chi connectivity index (χ1n) is 9.93. The second kappa shape index (κ2) is 11.8. The molecule has 7 nitrogen and oxygen atoms in total. The molecule has 2 aliphatic heterocycles. The quantitative estimate of drug-likeness (QED) is 0.338. The Balaban J connectivity index is 0.00000280. The minimum atomic E-state index is 0. The predicted octanol–water partition coefficient (Wildman–Crippen LogP) is 2.72. The van der Waals surface area contributed by atoms with E-state index in [0.717, 1.165) is 88.7 Å². The highest BCUT2D eigenvalue weighted by atomic mass is 127. The zero-order chi connectivity index (χ0) is 19.1. The molecule has 2 fully saturated rings. The Morgan fingerprint density at radius 1 is 1.25 bits per heavy atom. The maximum atomic E-state index is 5.56. The molecule has 1 aromatic rings. The Kier molecular flexibility index (Phi) is 10.1. The summed E-state index contributed by atoms with van der Waals surface area (Å²) >= 11 is 3.46. The fraction of sp³-hybridized carbons (Fsp3) is 0.833. The molecule has 0 spiro atoms. The van der Waals surface area contributed by atoms with E-state index in [1.165, 1.54) is 11.5 Å². The molecule has 28 heavy (non-hydrogen) atoms. The van der Waals surface area contributed by atoms with Gasteiger partial charge in [-0.15, -0.1) is 24.0 Å². The molecule has 0 radical (unpaired) electrons. The first-order chi connectivity index (χ1) is 13.2. The summed E-state index contributed by atoms with van der Waals surface area (Å²) in [5.41, 5.74) is 0. The molecule has 3 rings (SSSR count). The van der Waals surface area contributed by atoms with Gasteiger partial charge in [0.25, 0.3) is 0 Å². The van der Waals surface area contributed by atoms with E-state index in [2.05, 4.69) is 44.6 Å². The average Bonchev–Trinajstić information content (AvgIpc) is 3.21. The lowest BCUT2D eigenvalue weighted by molar-refractivity contribution is 0.0793. The topological polar surface area (TPSA) is 65.9 Å². The van der Waals surface area contributed by atoms with E-state index >= 15 is 0 Å². The van der Waals surface area contributed by atoms with Crippen LogP contribution in [0.4, 0.5) is 5.13 Å². The van der Waals surface area contributed by atoms with Crippen LogP contribution in [0.5, 0.6) is 0 Å². The van der Waals surface area contributed by atoms with Crippen molar-refractivity contribution in [2.75, 3.05) is 63.6 Å². The number of aryl methyl sites for hydroxylation is 1. The zero-order valence-corrected chi connectivity index (χ0v) is 21.1. The van der Waals surface area contributed by atoms with Crippen LogP contribution in [-0.2, 0) is 11.2 Å². The van der Waals surface area contributed by atoms with Crippen LogP contribution in [0.3, 0.4) is 0 Å². The highest BCUT2D eigenvalue weighted by Crippen LogP contribution is 2.34. The number of nitrogens with zero attached hydrogens (tertiary/aromatic N) is 5. The summed E-state index contributed by atoms with van der Waals surface area (Å²) in [5, 5.41) is 4.55.